The van der Waals surface area contributed by atoms with Gasteiger partial charge in [-0.15, -0.1) is 0 Å². The molecule has 0 aliphatic carbocycles. The van der Waals surface area contributed by atoms with Crippen LogP contribution in [0.25, 0.3) is 0 Å². The van der Waals surface area contributed by atoms with Gasteiger partial charge in [0.15, 0.2) is 0 Å². The Hall–Kier alpha value is -4.58. The van der Waals surface area contributed by atoms with E-state index in [4.69, 9.17) is 4.74 Å². The predicted molar refractivity (Wildman–Crippen MR) is 162 cm³/mol. The molecule has 6 nitrogen and oxygen atoms in total. The molecule has 4 aromatic carbocycles. The van der Waals surface area contributed by atoms with Crippen LogP contribution in [0.5, 0.6) is 5.75 Å². The van der Waals surface area contributed by atoms with Crippen LogP contribution >= 0.6 is 0 Å². The maximum Gasteiger partial charge on any atom is 0.258 e. The van der Waals surface area contributed by atoms with E-state index in [9.17, 15) is 9.59 Å². The third-order valence-corrected chi connectivity index (χ3v) is 7.18. The van der Waals surface area contributed by atoms with E-state index in [2.05, 4.69) is 16.3 Å². The van der Waals surface area contributed by atoms with Crippen molar-refractivity contribution in [2.24, 2.45) is 0 Å². The Kier molecular flexibility index (Phi) is 8.76. The molecule has 204 valence electrons. The molecule has 0 atom stereocenters. The summed E-state index contributed by atoms with van der Waals surface area (Å²) < 4.78 is 5.85. The van der Waals surface area contributed by atoms with E-state index in [-0.39, 0.29) is 11.8 Å². The first-order valence-corrected chi connectivity index (χ1v) is 13.9. The molecule has 1 aliphatic heterocycles. The van der Waals surface area contributed by atoms with Gasteiger partial charge in [0.2, 0.25) is 0 Å². The van der Waals surface area contributed by atoms with Crippen LogP contribution in [0, 0.1) is 6.92 Å². The summed E-state index contributed by atoms with van der Waals surface area (Å²) in [4.78, 5) is 30.6. The number of para-hydroxylation sites is 3. The number of aryl methyl sites for hydroxylation is 1. The lowest BCUT2D eigenvalue weighted by Crippen LogP contribution is -2.31. The maximum atomic E-state index is 13.7. The fraction of sp³-hybridized carbons (Fsp3) is 0.235. The zero-order valence-electron chi connectivity index (χ0n) is 22.9. The van der Waals surface area contributed by atoms with Crippen molar-refractivity contribution in [1.29, 1.82) is 0 Å². The van der Waals surface area contributed by atoms with E-state index in [1.54, 1.807) is 30.3 Å². The van der Waals surface area contributed by atoms with Crippen molar-refractivity contribution in [1.82, 2.24) is 0 Å². The van der Waals surface area contributed by atoms with Gasteiger partial charge < -0.3 is 19.9 Å². The molecule has 2 amide bonds. The molecule has 5 rings (SSSR count). The zero-order valence-corrected chi connectivity index (χ0v) is 22.9. The highest BCUT2D eigenvalue weighted by atomic mass is 16.5. The number of unbranched alkanes of at least 4 members (excludes halogenated alkanes) is 1. The van der Waals surface area contributed by atoms with Crippen molar-refractivity contribution in [3.8, 4) is 5.75 Å². The molecule has 6 heteroatoms. The summed E-state index contributed by atoms with van der Waals surface area (Å²) in [6, 6.07) is 32.7. The summed E-state index contributed by atoms with van der Waals surface area (Å²) >= 11 is 0. The van der Waals surface area contributed by atoms with Gasteiger partial charge in [-0.3, -0.25) is 9.59 Å². The van der Waals surface area contributed by atoms with Crippen molar-refractivity contribution in [2.45, 2.75) is 26.2 Å². The average molecular weight is 534 g/mol. The highest BCUT2D eigenvalue weighted by molar-refractivity contribution is 6.09. The standard InChI is InChI=1S/C34H35N3O3/c1-26-12-5-6-15-30(26)33(38)35-28-20-18-27(19-21-28)34(39)37-24-11-23-36(31-16-7-8-17-32(31)37)22-9-10-25-40-29-13-3-2-4-14-29/h2-8,12-21H,9-11,22-25H2,1H3,(H,35,38). The van der Waals surface area contributed by atoms with Crippen LogP contribution in [0.4, 0.5) is 17.1 Å². The molecule has 1 N–H and O–H groups in total. The molecule has 0 fully saturated rings. The number of benzene rings is 4. The molecule has 0 unspecified atom stereocenters. The Balaban J connectivity index is 1.22. The zero-order chi connectivity index (χ0) is 27.7. The van der Waals surface area contributed by atoms with Gasteiger partial charge in [-0.2, -0.15) is 0 Å². The number of carbonyl (C=O) groups is 2. The summed E-state index contributed by atoms with van der Waals surface area (Å²) in [7, 11) is 0. The Morgan fingerprint density at radius 1 is 0.775 bits per heavy atom. The van der Waals surface area contributed by atoms with Gasteiger partial charge >= 0.3 is 0 Å². The van der Waals surface area contributed by atoms with E-state index in [1.807, 2.05) is 78.6 Å². The SMILES string of the molecule is Cc1ccccc1C(=O)Nc1ccc(C(=O)N2CCCN(CCCCOc3ccccc3)c3ccccc32)cc1. The molecular weight excluding hydrogens is 498 g/mol. The van der Waals surface area contributed by atoms with Crippen LogP contribution in [0.1, 0.15) is 45.5 Å². The molecule has 0 aromatic heterocycles. The number of nitrogens with zero attached hydrogens (tertiary/aromatic N) is 2. The van der Waals surface area contributed by atoms with Crippen LogP contribution in [-0.4, -0.2) is 38.1 Å². The number of amides is 2. The van der Waals surface area contributed by atoms with Crippen LogP contribution in [-0.2, 0) is 0 Å². The fourth-order valence-corrected chi connectivity index (χ4v) is 5.05. The number of ether oxygens (including phenoxy) is 1. The minimum absolute atomic E-state index is 0.0395. The smallest absolute Gasteiger partial charge is 0.258 e. The number of hydrogen-bond acceptors (Lipinski definition) is 4. The maximum absolute atomic E-state index is 13.7. The van der Waals surface area contributed by atoms with Gasteiger partial charge in [0.1, 0.15) is 5.75 Å². The second-order valence-corrected chi connectivity index (χ2v) is 10.0. The van der Waals surface area contributed by atoms with Gasteiger partial charge in [-0.1, -0.05) is 48.5 Å². The minimum Gasteiger partial charge on any atom is -0.494 e. The highest BCUT2D eigenvalue weighted by Gasteiger charge is 2.25. The molecule has 1 aliphatic rings. The van der Waals surface area contributed by atoms with Gasteiger partial charge in [0.25, 0.3) is 11.8 Å². The van der Waals surface area contributed by atoms with Gasteiger partial charge in [0.05, 0.1) is 18.0 Å². The first-order chi connectivity index (χ1) is 19.6. The lowest BCUT2D eigenvalue weighted by molar-refractivity contribution is 0.0986. The summed E-state index contributed by atoms with van der Waals surface area (Å²) in [5.74, 6) is 0.700. The number of rotatable bonds is 9. The number of nitrogens with one attached hydrogen (secondary N) is 1. The largest absolute Gasteiger partial charge is 0.494 e. The third-order valence-electron chi connectivity index (χ3n) is 7.18. The van der Waals surface area contributed by atoms with Crippen molar-refractivity contribution in [3.05, 3.63) is 120 Å². The normalized spacial score (nSPS) is 12.8. The highest BCUT2D eigenvalue weighted by Crippen LogP contribution is 2.33. The van der Waals surface area contributed by atoms with Crippen molar-refractivity contribution >= 4 is 28.9 Å². The Morgan fingerprint density at radius 3 is 2.25 bits per heavy atom. The Morgan fingerprint density at radius 2 is 1.48 bits per heavy atom. The second-order valence-electron chi connectivity index (χ2n) is 10.0. The molecule has 1 heterocycles. The van der Waals surface area contributed by atoms with Gasteiger partial charge in [-0.05, 0) is 86.3 Å². The van der Waals surface area contributed by atoms with Crippen LogP contribution < -0.4 is 19.9 Å². The molecule has 40 heavy (non-hydrogen) atoms. The van der Waals surface area contributed by atoms with Crippen LogP contribution in [0.2, 0.25) is 0 Å². The lowest BCUT2D eigenvalue weighted by atomic mass is 10.1. The van der Waals surface area contributed by atoms with Crippen molar-refractivity contribution < 1.29 is 14.3 Å². The van der Waals surface area contributed by atoms with E-state index in [0.717, 1.165) is 55.0 Å². The van der Waals surface area contributed by atoms with Gasteiger partial charge in [0, 0.05) is 36.4 Å². The number of carbonyl (C=O) groups excluding carboxylic acids is 2. The fourth-order valence-electron chi connectivity index (χ4n) is 5.05. The summed E-state index contributed by atoms with van der Waals surface area (Å²) in [5, 5.41) is 2.93. The van der Waals surface area contributed by atoms with E-state index >= 15 is 0 Å². The van der Waals surface area contributed by atoms with Gasteiger partial charge in [-0.25, -0.2) is 0 Å². The summed E-state index contributed by atoms with van der Waals surface area (Å²) in [5.41, 5.74) is 4.82. The number of fused-ring (bicyclic) bond motifs is 1. The molecule has 4 aromatic rings. The van der Waals surface area contributed by atoms with E-state index in [1.165, 1.54) is 0 Å². The lowest BCUT2D eigenvalue weighted by Gasteiger charge is -2.27. The molecule has 0 saturated carbocycles. The summed E-state index contributed by atoms with van der Waals surface area (Å²) in [6.07, 6.45) is 2.85. The molecule has 0 spiro atoms. The third kappa shape index (κ3) is 6.52. The molecule has 0 saturated heterocycles. The molecule has 0 bridgehead atoms. The molecular formula is C34H35N3O3. The summed E-state index contributed by atoms with van der Waals surface area (Å²) in [6.45, 7) is 5.05. The van der Waals surface area contributed by atoms with Crippen LogP contribution in [0.3, 0.4) is 0 Å². The predicted octanol–water partition coefficient (Wildman–Crippen LogP) is 6.96. The topological polar surface area (TPSA) is 61.9 Å². The van der Waals surface area contributed by atoms with E-state index in [0.29, 0.717) is 30.0 Å². The first-order valence-electron chi connectivity index (χ1n) is 13.9. The average Bonchev–Trinajstić information content (AvgIpc) is 3.17. The Bertz CT molecular complexity index is 1440. The molecule has 0 radical (unpaired) electrons. The first kappa shape index (κ1) is 27.0. The Labute approximate surface area is 236 Å². The minimum atomic E-state index is -0.162. The quantitative estimate of drug-likeness (QED) is 0.236. The van der Waals surface area contributed by atoms with Crippen molar-refractivity contribution in [2.75, 3.05) is 41.4 Å². The van der Waals surface area contributed by atoms with Crippen molar-refractivity contribution in [3.63, 3.8) is 0 Å². The van der Waals surface area contributed by atoms with Crippen LogP contribution in [0.15, 0.2) is 103 Å². The number of hydrogen-bond donors (Lipinski definition) is 1. The number of anilines is 3. The van der Waals surface area contributed by atoms with E-state index < -0.39 is 0 Å². The monoisotopic (exact) mass is 533 g/mol. The second kappa shape index (κ2) is 13.0.